The van der Waals surface area contributed by atoms with Gasteiger partial charge in [-0.15, -0.1) is 0 Å². The number of hydrogen-bond acceptors (Lipinski definition) is 0. The first-order chi connectivity index (χ1) is 10.8. The van der Waals surface area contributed by atoms with E-state index < -0.39 is 0 Å². The molecule has 0 spiro atoms. The Morgan fingerprint density at radius 3 is 1.39 bits per heavy atom. The van der Waals surface area contributed by atoms with Crippen LogP contribution in [0.1, 0.15) is 93.4 Å². The van der Waals surface area contributed by atoms with Gasteiger partial charge in [0.1, 0.15) is 0 Å². The average molecular weight is 317 g/mol. The molecule has 0 aliphatic rings. The third kappa shape index (κ3) is 15.6. The highest BCUT2D eigenvalue weighted by molar-refractivity contribution is 5.07. The first kappa shape index (κ1) is 22.0. The standard InChI is InChI=1S/C23H40/c1-19(2)11-8-12-21(5)13-9-14-22(6)15-10-16-23(7)18-17-20(3)4/h11,13,15,18,20H,8-10,12,14,16-17H2,1-7H3. The van der Waals surface area contributed by atoms with Gasteiger partial charge in [0.05, 0.1) is 0 Å². The Labute approximate surface area is 146 Å². The van der Waals surface area contributed by atoms with Crippen molar-refractivity contribution in [3.63, 3.8) is 0 Å². The maximum absolute atomic E-state index is 2.43. The summed E-state index contributed by atoms with van der Waals surface area (Å²) in [5, 5.41) is 0. The predicted octanol–water partition coefficient (Wildman–Crippen LogP) is 8.18. The smallest absolute Gasteiger partial charge is 0.0288 e. The summed E-state index contributed by atoms with van der Waals surface area (Å²) in [6, 6.07) is 0. The molecule has 0 unspecified atom stereocenters. The zero-order chi connectivity index (χ0) is 17.7. The first-order valence-corrected chi connectivity index (χ1v) is 9.41. The minimum absolute atomic E-state index is 0.772. The van der Waals surface area contributed by atoms with E-state index in [9.17, 15) is 0 Å². The van der Waals surface area contributed by atoms with E-state index in [4.69, 9.17) is 0 Å². The molecule has 0 saturated carbocycles. The first-order valence-electron chi connectivity index (χ1n) is 9.41. The van der Waals surface area contributed by atoms with Gasteiger partial charge in [0, 0.05) is 0 Å². The van der Waals surface area contributed by atoms with Crippen molar-refractivity contribution < 1.29 is 0 Å². The zero-order valence-corrected chi connectivity index (χ0v) is 16.8. The highest BCUT2D eigenvalue weighted by Crippen LogP contribution is 2.14. The average Bonchev–Trinajstić information content (AvgIpc) is 2.44. The van der Waals surface area contributed by atoms with E-state index in [0.29, 0.717) is 0 Å². The van der Waals surface area contributed by atoms with E-state index in [1.807, 2.05) is 0 Å². The molecule has 0 aliphatic carbocycles. The van der Waals surface area contributed by atoms with Crippen LogP contribution in [0.5, 0.6) is 0 Å². The molecule has 0 fully saturated rings. The van der Waals surface area contributed by atoms with Gasteiger partial charge in [-0.2, -0.15) is 0 Å². The van der Waals surface area contributed by atoms with Crippen LogP contribution in [0.25, 0.3) is 0 Å². The van der Waals surface area contributed by atoms with Crippen molar-refractivity contribution in [3.8, 4) is 0 Å². The molecule has 0 aliphatic heterocycles. The van der Waals surface area contributed by atoms with Gasteiger partial charge >= 0.3 is 0 Å². The third-order valence-corrected chi connectivity index (χ3v) is 4.09. The molecule has 0 aromatic rings. The molecule has 0 atom stereocenters. The van der Waals surface area contributed by atoms with Crippen molar-refractivity contribution in [1.29, 1.82) is 0 Å². The molecule has 0 nitrogen and oxygen atoms in total. The van der Waals surface area contributed by atoms with Crippen molar-refractivity contribution >= 4 is 0 Å². The number of allylic oxidation sites excluding steroid dienone is 8. The van der Waals surface area contributed by atoms with E-state index in [2.05, 4.69) is 72.8 Å². The lowest BCUT2D eigenvalue weighted by atomic mass is 10.0. The van der Waals surface area contributed by atoms with Crippen LogP contribution in [-0.4, -0.2) is 0 Å². The van der Waals surface area contributed by atoms with Crippen LogP contribution < -0.4 is 0 Å². The van der Waals surface area contributed by atoms with Crippen molar-refractivity contribution in [3.05, 3.63) is 46.6 Å². The van der Waals surface area contributed by atoms with Gasteiger partial charge in [-0.05, 0) is 85.5 Å². The van der Waals surface area contributed by atoms with Gasteiger partial charge in [0.2, 0.25) is 0 Å². The van der Waals surface area contributed by atoms with Crippen molar-refractivity contribution in [2.45, 2.75) is 93.4 Å². The Morgan fingerprint density at radius 1 is 0.609 bits per heavy atom. The van der Waals surface area contributed by atoms with Gasteiger partial charge in [0.15, 0.2) is 0 Å². The van der Waals surface area contributed by atoms with Gasteiger partial charge < -0.3 is 0 Å². The molecule has 0 rings (SSSR count). The summed E-state index contributed by atoms with van der Waals surface area (Å²) in [7, 11) is 0. The molecule has 0 heteroatoms. The Morgan fingerprint density at radius 2 is 1.00 bits per heavy atom. The van der Waals surface area contributed by atoms with Gasteiger partial charge in [-0.25, -0.2) is 0 Å². The summed E-state index contributed by atoms with van der Waals surface area (Å²) in [6.45, 7) is 15.7. The van der Waals surface area contributed by atoms with Crippen molar-refractivity contribution in [1.82, 2.24) is 0 Å². The summed E-state index contributed by atoms with van der Waals surface area (Å²) >= 11 is 0. The molecular weight excluding hydrogens is 276 g/mol. The lowest BCUT2D eigenvalue weighted by Gasteiger charge is -2.03. The quantitative estimate of drug-likeness (QED) is 0.337. The Kier molecular flexibility index (Phi) is 12.8. The van der Waals surface area contributed by atoms with Gasteiger partial charge in [-0.3, -0.25) is 0 Å². The highest BCUT2D eigenvalue weighted by atomic mass is 14.0. The van der Waals surface area contributed by atoms with E-state index in [0.717, 1.165) is 5.92 Å². The minimum atomic E-state index is 0.772. The topological polar surface area (TPSA) is 0 Å². The SMILES string of the molecule is CC(C)=CCCC(C)=CCCC(C)=CCCC(C)=CCC(C)C. The lowest BCUT2D eigenvalue weighted by Crippen LogP contribution is -1.85. The molecule has 132 valence electrons. The summed E-state index contributed by atoms with van der Waals surface area (Å²) in [6.07, 6.45) is 18.0. The summed E-state index contributed by atoms with van der Waals surface area (Å²) < 4.78 is 0. The highest BCUT2D eigenvalue weighted by Gasteiger charge is 1.94. The second-order valence-corrected chi connectivity index (χ2v) is 7.68. The van der Waals surface area contributed by atoms with E-state index >= 15 is 0 Å². The molecule has 0 radical (unpaired) electrons. The number of rotatable bonds is 11. The van der Waals surface area contributed by atoms with E-state index in [1.165, 1.54) is 67.2 Å². The van der Waals surface area contributed by atoms with Crippen LogP contribution in [0, 0.1) is 5.92 Å². The fraction of sp³-hybridized carbons (Fsp3) is 0.652. The minimum Gasteiger partial charge on any atom is -0.0856 e. The van der Waals surface area contributed by atoms with Gasteiger partial charge in [0.25, 0.3) is 0 Å². The van der Waals surface area contributed by atoms with Crippen molar-refractivity contribution in [2.24, 2.45) is 5.92 Å². The molecule has 0 bridgehead atoms. The summed E-state index contributed by atoms with van der Waals surface area (Å²) in [5.74, 6) is 0.772. The fourth-order valence-electron chi connectivity index (χ4n) is 2.42. The van der Waals surface area contributed by atoms with Crippen LogP contribution in [0.2, 0.25) is 0 Å². The molecule has 0 aromatic heterocycles. The molecule has 0 heterocycles. The monoisotopic (exact) mass is 316 g/mol. The lowest BCUT2D eigenvalue weighted by molar-refractivity contribution is 0.659. The maximum Gasteiger partial charge on any atom is -0.0288 e. The van der Waals surface area contributed by atoms with Crippen LogP contribution in [0.15, 0.2) is 46.6 Å². The van der Waals surface area contributed by atoms with Crippen LogP contribution in [0.4, 0.5) is 0 Å². The van der Waals surface area contributed by atoms with Crippen LogP contribution in [0.3, 0.4) is 0 Å². The predicted molar refractivity (Wildman–Crippen MR) is 108 cm³/mol. The maximum atomic E-state index is 2.43. The van der Waals surface area contributed by atoms with Crippen molar-refractivity contribution in [2.75, 3.05) is 0 Å². The fourth-order valence-corrected chi connectivity index (χ4v) is 2.42. The summed E-state index contributed by atoms with van der Waals surface area (Å²) in [5.41, 5.74) is 6.03. The second kappa shape index (κ2) is 13.4. The largest absolute Gasteiger partial charge is 0.0856 e. The Balaban J connectivity index is 3.98. The Hall–Kier alpha value is -1.04. The van der Waals surface area contributed by atoms with Crippen LogP contribution >= 0.6 is 0 Å². The third-order valence-electron chi connectivity index (χ3n) is 4.09. The molecule has 23 heavy (non-hydrogen) atoms. The molecule has 0 amide bonds. The van der Waals surface area contributed by atoms with Crippen LogP contribution in [-0.2, 0) is 0 Å². The molecule has 0 N–H and O–H groups in total. The second-order valence-electron chi connectivity index (χ2n) is 7.68. The summed E-state index contributed by atoms with van der Waals surface area (Å²) in [4.78, 5) is 0. The van der Waals surface area contributed by atoms with Gasteiger partial charge in [-0.1, -0.05) is 60.4 Å². The van der Waals surface area contributed by atoms with E-state index in [1.54, 1.807) is 0 Å². The zero-order valence-electron chi connectivity index (χ0n) is 16.8. The molecule has 0 aromatic carbocycles. The van der Waals surface area contributed by atoms with E-state index in [-0.39, 0.29) is 0 Å². The molecular formula is C23H40. The number of hydrogen-bond donors (Lipinski definition) is 0. The normalized spacial score (nSPS) is 13.7. The molecule has 0 saturated heterocycles. The Bertz CT molecular complexity index is 423.